The number of amides is 1. The number of ether oxygens (including phenoxy) is 1. The van der Waals surface area contributed by atoms with Crippen molar-refractivity contribution in [3.8, 4) is 5.75 Å². The van der Waals surface area contributed by atoms with E-state index in [-0.39, 0.29) is 17.0 Å². The van der Waals surface area contributed by atoms with E-state index in [0.717, 1.165) is 0 Å². The van der Waals surface area contributed by atoms with E-state index in [2.05, 4.69) is 10.1 Å². The van der Waals surface area contributed by atoms with Gasteiger partial charge in [-0.15, -0.1) is 0 Å². The molecule has 1 aromatic carbocycles. The van der Waals surface area contributed by atoms with Crippen LogP contribution in [-0.2, 0) is 0 Å². The van der Waals surface area contributed by atoms with E-state index in [4.69, 9.17) is 5.73 Å². The molecule has 0 aromatic heterocycles. The Bertz CT molecular complexity index is 466. The first-order valence-electron chi connectivity index (χ1n) is 5.18. The summed E-state index contributed by atoms with van der Waals surface area (Å²) in [5.41, 5.74) is 5.59. The van der Waals surface area contributed by atoms with Crippen molar-refractivity contribution in [2.24, 2.45) is 0 Å². The molecule has 0 bridgehead atoms. The smallest absolute Gasteiger partial charge is 0.340 e. The molecule has 1 aromatic rings. The minimum Gasteiger partial charge on any atom is -0.485 e. The molecule has 0 fully saturated rings. The maximum atomic E-state index is 12.6. The highest BCUT2D eigenvalue weighted by atomic mass is 19.3. The van der Waals surface area contributed by atoms with Crippen LogP contribution in [0.25, 0.3) is 0 Å². The first-order valence-corrected chi connectivity index (χ1v) is 5.18. The van der Waals surface area contributed by atoms with Gasteiger partial charge in [-0.1, -0.05) is 0 Å². The van der Waals surface area contributed by atoms with Gasteiger partial charge in [0.05, 0.1) is 5.69 Å². The Morgan fingerprint density at radius 1 is 1.47 bits per heavy atom. The number of nitrogen functional groups attached to an aromatic ring is 1. The first kappa shape index (κ1) is 15.1. The molecule has 0 aliphatic rings. The van der Waals surface area contributed by atoms with Gasteiger partial charge in [-0.3, -0.25) is 4.79 Å². The molecular weight excluding hydrogens is 268 g/mol. The molecule has 1 rings (SSSR count). The molecule has 0 saturated carbocycles. The van der Waals surface area contributed by atoms with Gasteiger partial charge in [0, 0.05) is 12.6 Å². The predicted molar refractivity (Wildman–Crippen MR) is 60.7 cm³/mol. The maximum absolute atomic E-state index is 12.6. The second-order valence-electron chi connectivity index (χ2n) is 3.68. The summed E-state index contributed by atoms with van der Waals surface area (Å²) in [6, 6.07) is 3.65. The van der Waals surface area contributed by atoms with Crippen LogP contribution in [0.3, 0.4) is 0 Å². The van der Waals surface area contributed by atoms with Crippen LogP contribution in [0.15, 0.2) is 18.2 Å². The van der Waals surface area contributed by atoms with E-state index in [0.29, 0.717) is 0 Å². The van der Waals surface area contributed by atoms with Gasteiger partial charge in [0.1, 0.15) is 5.75 Å². The van der Waals surface area contributed by atoms with Crippen molar-refractivity contribution < 1.29 is 27.1 Å². The van der Waals surface area contributed by atoms with E-state index >= 15 is 0 Å². The fourth-order valence-electron chi connectivity index (χ4n) is 1.20. The van der Waals surface area contributed by atoms with E-state index in [1.807, 2.05) is 0 Å². The van der Waals surface area contributed by atoms with E-state index in [9.17, 15) is 22.4 Å². The van der Waals surface area contributed by atoms with Crippen molar-refractivity contribution in [3.05, 3.63) is 23.8 Å². The Kier molecular flexibility index (Phi) is 4.57. The lowest BCUT2D eigenvalue weighted by molar-refractivity contribution is -0.148. The van der Waals surface area contributed by atoms with Gasteiger partial charge in [0.2, 0.25) is 0 Å². The fraction of sp³-hybridized carbons (Fsp3) is 0.364. The van der Waals surface area contributed by atoms with E-state index in [1.54, 1.807) is 0 Å². The quantitative estimate of drug-likeness (QED) is 0.639. The number of benzene rings is 1. The van der Waals surface area contributed by atoms with Crippen molar-refractivity contribution in [1.82, 2.24) is 5.32 Å². The van der Waals surface area contributed by atoms with Gasteiger partial charge in [0.15, 0.2) is 6.61 Å². The summed E-state index contributed by atoms with van der Waals surface area (Å²) in [5.74, 6) is -4.87. The summed E-state index contributed by atoms with van der Waals surface area (Å²) in [5, 5.41) is 2.34. The third-order valence-electron chi connectivity index (χ3n) is 2.24. The monoisotopic (exact) mass is 280 g/mol. The molecule has 8 heteroatoms. The van der Waals surface area contributed by atoms with Crippen LogP contribution in [0.4, 0.5) is 23.2 Å². The van der Waals surface area contributed by atoms with Crippen LogP contribution in [0.1, 0.15) is 10.4 Å². The van der Waals surface area contributed by atoms with Gasteiger partial charge in [-0.05, 0) is 18.2 Å². The lowest BCUT2D eigenvalue weighted by Crippen LogP contribution is -2.33. The predicted octanol–water partition coefficient (Wildman–Crippen LogP) is 1.91. The largest absolute Gasteiger partial charge is 0.485 e. The van der Waals surface area contributed by atoms with Crippen LogP contribution < -0.4 is 15.8 Å². The first-order chi connectivity index (χ1) is 8.77. The third kappa shape index (κ3) is 3.73. The van der Waals surface area contributed by atoms with E-state index in [1.165, 1.54) is 25.2 Å². The van der Waals surface area contributed by atoms with Gasteiger partial charge < -0.3 is 15.8 Å². The summed E-state index contributed by atoms with van der Waals surface area (Å²) >= 11 is 0. The molecule has 0 spiro atoms. The molecule has 0 atom stereocenters. The van der Waals surface area contributed by atoms with E-state index < -0.39 is 24.9 Å². The van der Waals surface area contributed by atoms with Crippen LogP contribution in [0.2, 0.25) is 0 Å². The van der Waals surface area contributed by atoms with Gasteiger partial charge in [0.25, 0.3) is 5.91 Å². The lowest BCUT2D eigenvalue weighted by atomic mass is 10.2. The van der Waals surface area contributed by atoms with Crippen LogP contribution in [-0.4, -0.2) is 31.9 Å². The Morgan fingerprint density at radius 2 is 2.11 bits per heavy atom. The Hall–Kier alpha value is -1.99. The lowest BCUT2D eigenvalue weighted by Gasteiger charge is -2.17. The highest BCUT2D eigenvalue weighted by Gasteiger charge is 2.41. The Morgan fingerprint density at radius 3 is 2.58 bits per heavy atom. The summed E-state index contributed by atoms with van der Waals surface area (Å²) in [7, 11) is 1.41. The standard InChI is InChI=1S/C11H12F4N2O2/c1-17-9(18)6-2-3-8(7(16)4-6)19-5-11(14,15)10(12)13/h2-4,10H,5,16H2,1H3,(H,17,18). The van der Waals surface area contributed by atoms with Crippen LogP contribution >= 0.6 is 0 Å². The second kappa shape index (κ2) is 5.77. The molecular formula is C11H12F4N2O2. The van der Waals surface area contributed by atoms with Crippen LogP contribution in [0.5, 0.6) is 5.75 Å². The summed E-state index contributed by atoms with van der Waals surface area (Å²) in [6.45, 7) is -1.49. The number of nitrogens with one attached hydrogen (secondary N) is 1. The zero-order chi connectivity index (χ0) is 14.6. The van der Waals surface area contributed by atoms with Gasteiger partial charge >= 0.3 is 12.3 Å². The summed E-state index contributed by atoms with van der Waals surface area (Å²) in [6.07, 6.45) is -3.82. The number of rotatable bonds is 5. The van der Waals surface area contributed by atoms with Crippen molar-refractivity contribution in [1.29, 1.82) is 0 Å². The third-order valence-corrected chi connectivity index (χ3v) is 2.24. The summed E-state index contributed by atoms with van der Waals surface area (Å²) < 4.78 is 53.7. The van der Waals surface area contributed by atoms with Crippen LogP contribution in [0, 0.1) is 0 Å². The Balaban J connectivity index is 2.79. The van der Waals surface area contributed by atoms with Crippen molar-refractivity contribution >= 4 is 11.6 Å². The number of carbonyl (C=O) groups excluding carboxylic acids is 1. The molecule has 0 radical (unpaired) electrons. The SMILES string of the molecule is CNC(=O)c1ccc(OCC(F)(F)C(F)F)c(N)c1. The highest BCUT2D eigenvalue weighted by Crippen LogP contribution is 2.27. The molecule has 19 heavy (non-hydrogen) atoms. The molecule has 0 heterocycles. The topological polar surface area (TPSA) is 64.3 Å². The molecule has 0 aliphatic carbocycles. The molecule has 0 unspecified atom stereocenters. The van der Waals surface area contributed by atoms with Gasteiger partial charge in [-0.25, -0.2) is 8.78 Å². The van der Waals surface area contributed by atoms with Gasteiger partial charge in [-0.2, -0.15) is 8.78 Å². The highest BCUT2D eigenvalue weighted by molar-refractivity contribution is 5.95. The Labute approximate surface area is 106 Å². The zero-order valence-corrected chi connectivity index (χ0v) is 9.92. The minimum absolute atomic E-state index is 0.0915. The number of hydrogen-bond donors (Lipinski definition) is 2. The molecule has 3 N–H and O–H groups in total. The van der Waals surface area contributed by atoms with Crippen molar-refractivity contribution in [2.45, 2.75) is 12.3 Å². The molecule has 1 amide bonds. The minimum atomic E-state index is -4.26. The maximum Gasteiger partial charge on any atom is 0.340 e. The average Bonchev–Trinajstić information content (AvgIpc) is 2.36. The number of anilines is 1. The summed E-state index contributed by atoms with van der Waals surface area (Å²) in [4.78, 5) is 11.3. The molecule has 4 nitrogen and oxygen atoms in total. The number of carbonyl (C=O) groups is 1. The number of alkyl halides is 4. The number of halogens is 4. The number of nitrogens with two attached hydrogens (primary N) is 1. The fourth-order valence-corrected chi connectivity index (χ4v) is 1.20. The molecule has 106 valence electrons. The second-order valence-corrected chi connectivity index (χ2v) is 3.68. The van der Waals surface area contributed by atoms with Crippen molar-refractivity contribution in [2.75, 3.05) is 19.4 Å². The molecule has 0 saturated heterocycles. The average molecular weight is 280 g/mol. The number of hydrogen-bond acceptors (Lipinski definition) is 3. The molecule has 0 aliphatic heterocycles. The normalized spacial score (nSPS) is 11.5. The van der Waals surface area contributed by atoms with Crippen molar-refractivity contribution in [3.63, 3.8) is 0 Å². The zero-order valence-electron chi connectivity index (χ0n) is 9.92.